The lowest BCUT2D eigenvalue weighted by molar-refractivity contribution is -0.134. The average Bonchev–Trinajstić information content (AvgIpc) is 3.08. The van der Waals surface area contributed by atoms with E-state index in [1.54, 1.807) is 0 Å². The zero-order valence-electron chi connectivity index (χ0n) is 13.1. The highest BCUT2D eigenvalue weighted by atomic mass is 31.2. The summed E-state index contributed by atoms with van der Waals surface area (Å²) in [4.78, 5) is 31.8. The van der Waals surface area contributed by atoms with Crippen LogP contribution < -0.4 is 5.73 Å². The summed E-state index contributed by atoms with van der Waals surface area (Å²) in [6.45, 7) is -0.598. The Balaban J connectivity index is 1.76. The normalized spacial score (nSPS) is 28.3. The predicted octanol–water partition coefficient (Wildman–Crippen LogP) is -1.69. The third kappa shape index (κ3) is 3.53. The van der Waals surface area contributed by atoms with Gasteiger partial charge in [-0.2, -0.15) is 0 Å². The van der Waals surface area contributed by atoms with Crippen molar-refractivity contribution >= 4 is 30.5 Å². The van der Waals surface area contributed by atoms with Gasteiger partial charge in [-0.05, 0) is 0 Å². The minimum atomic E-state index is -4.40. The number of nitrogen functional groups attached to an aromatic ring is 1. The summed E-state index contributed by atoms with van der Waals surface area (Å²) in [7, 11) is -4.40. The van der Waals surface area contributed by atoms with E-state index in [4.69, 9.17) is 15.6 Å². The molecule has 1 aliphatic rings. The Labute approximate surface area is 145 Å². The molecule has 1 saturated heterocycles. The lowest BCUT2D eigenvalue weighted by Crippen LogP contribution is -2.33. The summed E-state index contributed by atoms with van der Waals surface area (Å²) in [5.41, 5.74) is 6.22. The first-order chi connectivity index (χ1) is 12.2. The number of hydrogen-bond donors (Lipinski definition) is 5. The molecule has 0 saturated carbocycles. The van der Waals surface area contributed by atoms with E-state index >= 15 is 0 Å². The molecule has 6 N–H and O–H groups in total. The van der Waals surface area contributed by atoms with Gasteiger partial charge in [0.15, 0.2) is 17.7 Å². The van der Waals surface area contributed by atoms with Crippen molar-refractivity contribution in [2.45, 2.75) is 24.5 Å². The minimum Gasteiger partial charge on any atom is -0.481 e. The van der Waals surface area contributed by atoms with Crippen molar-refractivity contribution in [3.05, 3.63) is 12.7 Å². The summed E-state index contributed by atoms with van der Waals surface area (Å²) >= 11 is 0. The second kappa shape index (κ2) is 6.87. The quantitative estimate of drug-likeness (QED) is 0.351. The fraction of sp³-hybridized carbons (Fsp3) is 0.500. The van der Waals surface area contributed by atoms with E-state index in [2.05, 4.69) is 19.5 Å². The third-order valence-electron chi connectivity index (χ3n) is 3.77. The summed E-state index contributed by atoms with van der Waals surface area (Å²) in [6.07, 6.45) is -3.78. The topological polar surface area (TPSA) is 203 Å². The Morgan fingerprint density at radius 1 is 1.35 bits per heavy atom. The molecule has 14 heteroatoms. The molecule has 13 nitrogen and oxygen atoms in total. The molecule has 3 rings (SSSR count). The number of aliphatic hydroxyl groups excluding tert-OH is 2. The largest absolute Gasteiger partial charge is 0.481 e. The highest BCUT2D eigenvalue weighted by Gasteiger charge is 2.45. The predicted molar refractivity (Wildman–Crippen MR) is 83.9 cm³/mol. The van der Waals surface area contributed by atoms with Crippen molar-refractivity contribution in [2.75, 3.05) is 18.5 Å². The van der Waals surface area contributed by atoms with E-state index in [1.165, 1.54) is 17.2 Å². The summed E-state index contributed by atoms with van der Waals surface area (Å²) in [5, 5.41) is 28.9. The van der Waals surface area contributed by atoms with Gasteiger partial charge in [0.2, 0.25) is 0 Å². The molecule has 0 radical (unpaired) electrons. The zero-order valence-corrected chi connectivity index (χ0v) is 14.0. The first-order valence-electron chi connectivity index (χ1n) is 7.32. The molecular weight excluding hydrogens is 373 g/mol. The molecule has 0 bridgehead atoms. The van der Waals surface area contributed by atoms with Gasteiger partial charge < -0.3 is 35.2 Å². The number of imidazole rings is 1. The van der Waals surface area contributed by atoms with Crippen molar-refractivity contribution in [1.29, 1.82) is 0 Å². The second-order valence-corrected chi connectivity index (χ2v) is 7.46. The van der Waals surface area contributed by atoms with Gasteiger partial charge in [0, 0.05) is 0 Å². The fourth-order valence-corrected chi connectivity index (χ4v) is 3.37. The molecule has 0 aromatic carbocycles. The minimum absolute atomic E-state index is 0.122. The standard InChI is InChI=1S/C12H16N5O8P/c13-10-7-11(15-3-14-10)17(4-16-7)12-9(21)8(20)5(25-12)1-24-26(22,23)2-6(18)19/h3-5,8-9,12,20-21H,1-2H2,(H,18,19)(H,22,23)(H2,13,14,15)/t5-,8-,9+,12-/m1/s1. The number of anilines is 1. The maximum atomic E-state index is 11.6. The first-order valence-corrected chi connectivity index (χ1v) is 9.08. The van der Waals surface area contributed by atoms with Crippen LogP contribution in [-0.2, 0) is 18.6 Å². The molecule has 3 heterocycles. The Kier molecular flexibility index (Phi) is 4.92. The summed E-state index contributed by atoms with van der Waals surface area (Å²) in [5.74, 6) is -1.39. The lowest BCUT2D eigenvalue weighted by Gasteiger charge is -2.17. The van der Waals surface area contributed by atoms with Crippen molar-refractivity contribution in [1.82, 2.24) is 19.5 Å². The number of rotatable bonds is 6. The van der Waals surface area contributed by atoms with Crippen LogP contribution in [0.4, 0.5) is 5.82 Å². The van der Waals surface area contributed by atoms with Crippen LogP contribution in [0.5, 0.6) is 0 Å². The van der Waals surface area contributed by atoms with Crippen LogP contribution in [-0.4, -0.2) is 76.8 Å². The zero-order chi connectivity index (χ0) is 19.1. The Bertz CT molecular complexity index is 874. The monoisotopic (exact) mass is 389 g/mol. The fourth-order valence-electron chi connectivity index (χ4n) is 2.56. The molecule has 2 aromatic heterocycles. The number of carboxylic acids is 1. The van der Waals surface area contributed by atoms with Crippen LogP contribution in [0.2, 0.25) is 0 Å². The SMILES string of the molecule is Nc1ncnc2c1ncn2[C@@H]1O[C@H](COP(=O)(O)CC(=O)O)[C@@H](O)[C@@H]1O. The molecule has 0 spiro atoms. The molecule has 5 atom stereocenters. The number of hydrogen-bond acceptors (Lipinski definition) is 10. The number of nitrogens with zero attached hydrogens (tertiary/aromatic N) is 4. The molecule has 0 aliphatic carbocycles. The smallest absolute Gasteiger partial charge is 0.339 e. The molecule has 142 valence electrons. The van der Waals surface area contributed by atoms with E-state index in [0.29, 0.717) is 0 Å². The highest BCUT2D eigenvalue weighted by Crippen LogP contribution is 2.43. The van der Waals surface area contributed by atoms with Crippen LogP contribution in [0, 0.1) is 0 Å². The number of aliphatic carboxylic acids is 1. The lowest BCUT2D eigenvalue weighted by atomic mass is 10.1. The number of ether oxygens (including phenoxy) is 1. The number of aliphatic hydroxyl groups is 2. The van der Waals surface area contributed by atoms with Crippen LogP contribution >= 0.6 is 7.60 Å². The first kappa shape index (κ1) is 18.6. The Morgan fingerprint density at radius 2 is 2.08 bits per heavy atom. The van der Waals surface area contributed by atoms with Gasteiger partial charge in [0.1, 0.15) is 36.3 Å². The van der Waals surface area contributed by atoms with E-state index in [1.807, 2.05) is 0 Å². The van der Waals surface area contributed by atoms with E-state index < -0.39 is 50.9 Å². The maximum Gasteiger partial charge on any atom is 0.339 e. The van der Waals surface area contributed by atoms with Crippen LogP contribution in [0.15, 0.2) is 12.7 Å². The van der Waals surface area contributed by atoms with Gasteiger partial charge in [0.25, 0.3) is 0 Å². The van der Waals surface area contributed by atoms with Crippen LogP contribution in [0.1, 0.15) is 6.23 Å². The number of carbonyl (C=O) groups is 1. The molecule has 1 unspecified atom stereocenters. The second-order valence-electron chi connectivity index (χ2n) is 5.61. The summed E-state index contributed by atoms with van der Waals surface area (Å²) in [6, 6.07) is 0. The average molecular weight is 389 g/mol. The molecule has 0 amide bonds. The Hall–Kier alpha value is -2.15. The van der Waals surface area contributed by atoms with Crippen LogP contribution in [0.3, 0.4) is 0 Å². The van der Waals surface area contributed by atoms with E-state index in [-0.39, 0.29) is 17.0 Å². The number of carboxylic acid groups (broad SMARTS) is 1. The van der Waals surface area contributed by atoms with Gasteiger partial charge in [-0.3, -0.25) is 13.9 Å². The third-order valence-corrected chi connectivity index (χ3v) is 5.00. The maximum absolute atomic E-state index is 11.6. The van der Waals surface area contributed by atoms with E-state index in [0.717, 1.165) is 0 Å². The van der Waals surface area contributed by atoms with E-state index in [9.17, 15) is 24.5 Å². The molecule has 1 aliphatic heterocycles. The van der Waals surface area contributed by atoms with Crippen LogP contribution in [0.25, 0.3) is 11.2 Å². The van der Waals surface area contributed by atoms with Gasteiger partial charge in [-0.25, -0.2) is 15.0 Å². The van der Waals surface area contributed by atoms with Gasteiger partial charge in [0.05, 0.1) is 12.9 Å². The molecule has 2 aromatic rings. The molecule has 26 heavy (non-hydrogen) atoms. The van der Waals surface area contributed by atoms with Crippen molar-refractivity contribution in [3.63, 3.8) is 0 Å². The van der Waals surface area contributed by atoms with Gasteiger partial charge in [-0.15, -0.1) is 0 Å². The number of nitrogens with two attached hydrogens (primary N) is 1. The van der Waals surface area contributed by atoms with Crippen molar-refractivity contribution < 1.29 is 38.8 Å². The summed E-state index contributed by atoms with van der Waals surface area (Å²) < 4.78 is 23.1. The van der Waals surface area contributed by atoms with Gasteiger partial charge >= 0.3 is 13.6 Å². The highest BCUT2D eigenvalue weighted by molar-refractivity contribution is 7.53. The molecular formula is C12H16N5O8P. The van der Waals surface area contributed by atoms with Crippen molar-refractivity contribution in [3.8, 4) is 0 Å². The van der Waals surface area contributed by atoms with Crippen molar-refractivity contribution in [2.24, 2.45) is 0 Å². The number of aromatic nitrogens is 4. The molecule has 1 fully saturated rings. The Morgan fingerprint density at radius 3 is 2.77 bits per heavy atom. The van der Waals surface area contributed by atoms with Gasteiger partial charge in [-0.1, -0.05) is 0 Å². The number of fused-ring (bicyclic) bond motifs is 1.